The Morgan fingerprint density at radius 3 is 2.39 bits per heavy atom. The second kappa shape index (κ2) is 12.4. The van der Waals surface area contributed by atoms with Crippen molar-refractivity contribution in [2.24, 2.45) is 5.92 Å². The molecule has 36 heavy (non-hydrogen) atoms. The highest BCUT2D eigenvalue weighted by Gasteiger charge is 2.20. The number of aryl methyl sites for hydroxylation is 4. The third kappa shape index (κ3) is 7.70. The summed E-state index contributed by atoms with van der Waals surface area (Å²) in [5, 5.41) is 12.4. The van der Waals surface area contributed by atoms with Crippen molar-refractivity contribution in [3.05, 3.63) is 99.6 Å². The first-order valence-corrected chi connectivity index (χ1v) is 12.5. The van der Waals surface area contributed by atoms with Crippen LogP contribution in [0.1, 0.15) is 76.5 Å². The molecule has 0 saturated carbocycles. The van der Waals surface area contributed by atoms with E-state index < -0.39 is 5.97 Å². The van der Waals surface area contributed by atoms with Crippen LogP contribution in [0.4, 0.5) is 0 Å². The monoisotopic (exact) mass is 487 g/mol. The Bertz CT molecular complexity index is 1210. The number of carbonyl (C=O) groups is 2. The zero-order valence-electron chi connectivity index (χ0n) is 21.9. The van der Waals surface area contributed by atoms with E-state index in [9.17, 15) is 14.7 Å². The molecule has 0 radical (unpaired) electrons. The van der Waals surface area contributed by atoms with Gasteiger partial charge in [0.05, 0.1) is 6.04 Å². The molecule has 0 bridgehead atoms. The molecule has 0 aromatic heterocycles. The molecule has 0 unspecified atom stereocenters. The molecule has 5 nitrogen and oxygen atoms in total. The quantitative estimate of drug-likeness (QED) is 0.315. The molecule has 0 aliphatic carbocycles. The van der Waals surface area contributed by atoms with Gasteiger partial charge in [-0.2, -0.15) is 0 Å². The number of carboxylic acid groups (broad SMARTS) is 1. The fourth-order valence-electron chi connectivity index (χ4n) is 4.28. The number of hydrogen-bond acceptors (Lipinski definition) is 3. The van der Waals surface area contributed by atoms with E-state index in [1.54, 1.807) is 0 Å². The third-order valence-corrected chi connectivity index (χ3v) is 6.22. The van der Waals surface area contributed by atoms with Gasteiger partial charge in [-0.25, -0.2) is 0 Å². The lowest BCUT2D eigenvalue weighted by Crippen LogP contribution is -2.30. The van der Waals surface area contributed by atoms with E-state index in [4.69, 9.17) is 4.74 Å². The summed E-state index contributed by atoms with van der Waals surface area (Å²) in [5.41, 5.74) is 6.45. The van der Waals surface area contributed by atoms with Crippen LogP contribution in [0, 0.1) is 26.7 Å². The van der Waals surface area contributed by atoms with E-state index in [2.05, 4.69) is 25.2 Å². The van der Waals surface area contributed by atoms with Crippen LogP contribution in [0.25, 0.3) is 0 Å². The van der Waals surface area contributed by atoms with Gasteiger partial charge in [-0.1, -0.05) is 67.9 Å². The van der Waals surface area contributed by atoms with Gasteiger partial charge < -0.3 is 15.2 Å². The molecule has 1 atom stereocenters. The Morgan fingerprint density at radius 1 is 0.944 bits per heavy atom. The molecule has 0 heterocycles. The van der Waals surface area contributed by atoms with Crippen molar-refractivity contribution in [3.63, 3.8) is 0 Å². The first-order valence-electron chi connectivity index (χ1n) is 12.5. The van der Waals surface area contributed by atoms with Crippen LogP contribution in [0.2, 0.25) is 0 Å². The lowest BCUT2D eigenvalue weighted by molar-refractivity contribution is -0.136. The van der Waals surface area contributed by atoms with Crippen molar-refractivity contribution in [2.45, 2.75) is 66.5 Å². The minimum absolute atomic E-state index is 0.0358. The lowest BCUT2D eigenvalue weighted by Gasteiger charge is -2.23. The number of hydrogen-bond donors (Lipinski definition) is 2. The summed E-state index contributed by atoms with van der Waals surface area (Å²) in [6.07, 6.45) is 1.05. The van der Waals surface area contributed by atoms with Crippen molar-refractivity contribution >= 4 is 11.9 Å². The molecule has 0 fully saturated rings. The fourth-order valence-corrected chi connectivity index (χ4v) is 4.28. The summed E-state index contributed by atoms with van der Waals surface area (Å²) in [4.78, 5) is 24.8. The van der Waals surface area contributed by atoms with Gasteiger partial charge in [0.2, 0.25) is 0 Å². The minimum atomic E-state index is -0.888. The summed E-state index contributed by atoms with van der Waals surface area (Å²) in [6.45, 7) is 10.7. The third-order valence-electron chi connectivity index (χ3n) is 6.22. The fraction of sp³-hybridized carbons (Fsp3) is 0.355. The van der Waals surface area contributed by atoms with Gasteiger partial charge in [0.15, 0.2) is 0 Å². The Morgan fingerprint density at radius 2 is 1.69 bits per heavy atom. The van der Waals surface area contributed by atoms with Crippen LogP contribution in [0.5, 0.6) is 5.75 Å². The minimum Gasteiger partial charge on any atom is -0.489 e. The number of nitrogens with one attached hydrogen (secondary N) is 1. The van der Waals surface area contributed by atoms with Gasteiger partial charge in [0.25, 0.3) is 5.91 Å². The molecule has 0 aliphatic heterocycles. The smallest absolute Gasteiger partial charge is 0.303 e. The number of rotatable bonds is 11. The zero-order valence-corrected chi connectivity index (χ0v) is 21.9. The number of benzene rings is 3. The van der Waals surface area contributed by atoms with Gasteiger partial charge in [-0.05, 0) is 79.5 Å². The number of ether oxygens (including phenoxy) is 1. The highest BCUT2D eigenvalue weighted by molar-refractivity contribution is 5.96. The SMILES string of the molecule is Cc1cccc([C@@H](CC(C)C)NC(=O)c2cc(COc3cc(C)ccc3C)ccc2CCC(=O)O)c1. The van der Waals surface area contributed by atoms with Crippen molar-refractivity contribution < 1.29 is 19.4 Å². The predicted molar refractivity (Wildman–Crippen MR) is 143 cm³/mol. The van der Waals surface area contributed by atoms with Gasteiger partial charge in [0, 0.05) is 12.0 Å². The van der Waals surface area contributed by atoms with Crippen molar-refractivity contribution in [2.75, 3.05) is 0 Å². The number of carbonyl (C=O) groups excluding carboxylic acids is 1. The number of amides is 1. The molecule has 3 aromatic rings. The highest BCUT2D eigenvalue weighted by Crippen LogP contribution is 2.25. The molecule has 0 spiro atoms. The molecular weight excluding hydrogens is 450 g/mol. The van der Waals surface area contributed by atoms with Crippen LogP contribution >= 0.6 is 0 Å². The Kier molecular flexibility index (Phi) is 9.29. The molecule has 2 N–H and O–H groups in total. The summed E-state index contributed by atoms with van der Waals surface area (Å²) in [6, 6.07) is 19.7. The molecule has 190 valence electrons. The molecule has 3 rings (SSSR count). The van der Waals surface area contributed by atoms with Gasteiger partial charge in [-0.15, -0.1) is 0 Å². The van der Waals surface area contributed by atoms with Crippen molar-refractivity contribution in [1.29, 1.82) is 0 Å². The first kappa shape index (κ1) is 27.0. The van der Waals surface area contributed by atoms with E-state index in [-0.39, 0.29) is 24.8 Å². The summed E-state index contributed by atoms with van der Waals surface area (Å²) in [5.74, 6) is 0.115. The van der Waals surface area contributed by atoms with Crippen LogP contribution in [0.15, 0.2) is 60.7 Å². The number of aliphatic carboxylic acids is 1. The second-order valence-corrected chi connectivity index (χ2v) is 10.0. The second-order valence-electron chi connectivity index (χ2n) is 10.0. The van der Waals surface area contributed by atoms with Crippen LogP contribution in [-0.4, -0.2) is 17.0 Å². The van der Waals surface area contributed by atoms with Crippen molar-refractivity contribution in [1.82, 2.24) is 5.32 Å². The summed E-state index contributed by atoms with van der Waals surface area (Å²) >= 11 is 0. The molecular formula is C31H37NO4. The van der Waals surface area contributed by atoms with E-state index in [1.165, 1.54) is 0 Å². The average molecular weight is 488 g/mol. The highest BCUT2D eigenvalue weighted by atomic mass is 16.5. The molecule has 3 aromatic carbocycles. The van der Waals surface area contributed by atoms with Gasteiger partial charge in [0.1, 0.15) is 12.4 Å². The largest absolute Gasteiger partial charge is 0.489 e. The summed E-state index contributed by atoms with van der Waals surface area (Å²) < 4.78 is 6.07. The Labute approximate surface area is 214 Å². The summed E-state index contributed by atoms with van der Waals surface area (Å²) in [7, 11) is 0. The van der Waals surface area contributed by atoms with E-state index >= 15 is 0 Å². The van der Waals surface area contributed by atoms with Gasteiger partial charge >= 0.3 is 5.97 Å². The maximum absolute atomic E-state index is 13.6. The number of carboxylic acids is 1. The zero-order chi connectivity index (χ0) is 26.2. The maximum Gasteiger partial charge on any atom is 0.303 e. The Hall–Kier alpha value is -3.60. The maximum atomic E-state index is 13.6. The topological polar surface area (TPSA) is 75.6 Å². The standard InChI is InChI=1S/C31H37NO4/c1-20(2)15-28(26-8-6-7-21(3)16-26)32-31(35)27-18-24(11-12-25(27)13-14-30(33)34)19-36-29-17-22(4)9-10-23(29)5/h6-12,16-18,20,28H,13-15,19H2,1-5H3,(H,32,35)(H,33,34)/t28-/m1/s1. The average Bonchev–Trinajstić information content (AvgIpc) is 2.82. The molecule has 1 amide bonds. The van der Waals surface area contributed by atoms with Crippen molar-refractivity contribution in [3.8, 4) is 5.75 Å². The molecule has 0 saturated heterocycles. The lowest BCUT2D eigenvalue weighted by atomic mass is 9.94. The van der Waals surface area contributed by atoms with Crippen LogP contribution < -0.4 is 10.1 Å². The van der Waals surface area contributed by atoms with E-state index in [0.717, 1.165) is 45.6 Å². The van der Waals surface area contributed by atoms with Crippen LogP contribution in [0.3, 0.4) is 0 Å². The normalized spacial score (nSPS) is 11.8. The predicted octanol–water partition coefficient (Wildman–Crippen LogP) is 6.73. The first-order chi connectivity index (χ1) is 17.1. The van der Waals surface area contributed by atoms with Crippen LogP contribution in [-0.2, 0) is 17.8 Å². The Balaban J connectivity index is 1.88. The van der Waals surface area contributed by atoms with Gasteiger partial charge in [-0.3, -0.25) is 9.59 Å². The molecule has 0 aliphatic rings. The molecule has 5 heteroatoms. The van der Waals surface area contributed by atoms with E-state index in [0.29, 0.717) is 18.1 Å². The van der Waals surface area contributed by atoms with E-state index in [1.807, 2.05) is 75.4 Å².